The second kappa shape index (κ2) is 3.41. The van der Waals surface area contributed by atoms with Crippen LogP contribution in [0.5, 0.6) is 0 Å². The molecule has 0 unspecified atom stereocenters. The number of carbonyl (C=O) groups excluding carboxylic acids is 1. The van der Waals surface area contributed by atoms with Gasteiger partial charge in [0.2, 0.25) is 0 Å². The Bertz CT molecular complexity index is 258. The molecule has 4 heteroatoms. The van der Waals surface area contributed by atoms with E-state index in [-0.39, 0.29) is 6.42 Å². The molecule has 4 nitrogen and oxygen atoms in total. The van der Waals surface area contributed by atoms with Crippen LogP contribution in [0, 0.1) is 0 Å². The summed E-state index contributed by atoms with van der Waals surface area (Å²) in [6.07, 6.45) is 0.790. The van der Waals surface area contributed by atoms with Gasteiger partial charge in [0.05, 0.1) is 0 Å². The van der Waals surface area contributed by atoms with E-state index in [0.29, 0.717) is 0 Å². The zero-order valence-corrected chi connectivity index (χ0v) is 7.05. The summed E-state index contributed by atoms with van der Waals surface area (Å²) in [5.41, 5.74) is -1.92. The second-order valence-electron chi connectivity index (χ2n) is 3.08. The minimum Gasteiger partial charge on any atom is -0.387 e. The van der Waals surface area contributed by atoms with E-state index < -0.39 is 23.6 Å². The Morgan fingerprint density at radius 2 is 2.23 bits per heavy atom. The Morgan fingerprint density at radius 1 is 1.62 bits per heavy atom. The lowest BCUT2D eigenvalue weighted by Gasteiger charge is -2.34. The predicted octanol–water partition coefficient (Wildman–Crippen LogP) is -0.846. The van der Waals surface area contributed by atoms with Crippen LogP contribution < -0.4 is 0 Å². The van der Waals surface area contributed by atoms with Gasteiger partial charge in [-0.15, -0.1) is 6.58 Å². The molecular formula is C9H12O4. The van der Waals surface area contributed by atoms with Crippen LogP contribution in [0.3, 0.4) is 0 Å². The lowest BCUT2D eigenvalue weighted by atomic mass is 9.81. The maximum atomic E-state index is 11.2. The van der Waals surface area contributed by atoms with Crippen molar-refractivity contribution in [3.8, 4) is 0 Å². The normalized spacial score (nSPS) is 39.2. The second-order valence-corrected chi connectivity index (χ2v) is 3.08. The van der Waals surface area contributed by atoms with Crippen LogP contribution in [-0.4, -0.2) is 38.9 Å². The zero-order valence-electron chi connectivity index (χ0n) is 7.05. The van der Waals surface area contributed by atoms with Gasteiger partial charge in [0.15, 0.2) is 11.4 Å². The van der Waals surface area contributed by atoms with Crippen molar-refractivity contribution in [1.29, 1.82) is 0 Å². The fourth-order valence-electron chi connectivity index (χ4n) is 1.31. The Labute approximate surface area is 75.8 Å². The van der Waals surface area contributed by atoms with E-state index in [4.69, 9.17) is 0 Å². The van der Waals surface area contributed by atoms with Gasteiger partial charge in [0, 0.05) is 6.42 Å². The Kier molecular flexibility index (Phi) is 2.66. The van der Waals surface area contributed by atoms with Gasteiger partial charge >= 0.3 is 0 Å². The Balaban J connectivity index is 2.99. The Hall–Kier alpha value is -0.970. The van der Waals surface area contributed by atoms with E-state index in [1.54, 1.807) is 0 Å². The number of hydrogen-bond donors (Lipinski definition) is 3. The highest BCUT2D eigenvalue weighted by Crippen LogP contribution is 2.25. The summed E-state index contributed by atoms with van der Waals surface area (Å²) in [5.74, 6) is -0.606. The van der Waals surface area contributed by atoms with Crippen molar-refractivity contribution in [3.05, 3.63) is 24.8 Å². The predicted molar refractivity (Wildman–Crippen MR) is 45.9 cm³/mol. The monoisotopic (exact) mass is 184 g/mol. The molecule has 0 radical (unpaired) electrons. The van der Waals surface area contributed by atoms with Crippen LogP contribution in [0.4, 0.5) is 0 Å². The van der Waals surface area contributed by atoms with Crippen LogP contribution in [0.2, 0.25) is 0 Å². The molecule has 0 aliphatic heterocycles. The smallest absolute Gasteiger partial charge is 0.190 e. The average Bonchev–Trinajstić information content (AvgIpc) is 2.10. The average molecular weight is 184 g/mol. The van der Waals surface area contributed by atoms with Crippen molar-refractivity contribution in [3.63, 3.8) is 0 Å². The maximum Gasteiger partial charge on any atom is 0.190 e. The van der Waals surface area contributed by atoms with Crippen molar-refractivity contribution in [2.75, 3.05) is 0 Å². The van der Waals surface area contributed by atoms with Crippen molar-refractivity contribution in [1.82, 2.24) is 0 Å². The number of aliphatic hydroxyl groups excluding tert-OH is 2. The molecule has 0 aromatic rings. The number of rotatable bonds is 2. The Morgan fingerprint density at radius 3 is 2.77 bits per heavy atom. The summed E-state index contributed by atoms with van der Waals surface area (Å²) in [4.78, 5) is 11.2. The molecular weight excluding hydrogens is 172 g/mol. The molecule has 0 aromatic carbocycles. The van der Waals surface area contributed by atoms with Gasteiger partial charge in [-0.25, -0.2) is 0 Å². The molecule has 3 N–H and O–H groups in total. The number of hydrogen-bond acceptors (Lipinski definition) is 4. The maximum absolute atomic E-state index is 11.2. The molecule has 1 aliphatic carbocycles. The fraction of sp³-hybridized carbons (Fsp3) is 0.444. The molecule has 0 aromatic heterocycles. The van der Waals surface area contributed by atoms with Crippen LogP contribution in [0.1, 0.15) is 6.42 Å². The van der Waals surface area contributed by atoms with E-state index in [1.165, 1.54) is 6.08 Å². The van der Waals surface area contributed by atoms with E-state index in [9.17, 15) is 20.1 Å². The highest BCUT2D eigenvalue weighted by Gasteiger charge is 2.46. The minimum atomic E-state index is -1.92. The molecule has 0 fully saturated rings. The third-order valence-corrected chi connectivity index (χ3v) is 2.14. The van der Waals surface area contributed by atoms with E-state index >= 15 is 0 Å². The van der Waals surface area contributed by atoms with Gasteiger partial charge in [-0.05, 0) is 12.2 Å². The van der Waals surface area contributed by atoms with Crippen LogP contribution >= 0.6 is 0 Å². The van der Waals surface area contributed by atoms with Gasteiger partial charge in [0.25, 0.3) is 0 Å². The zero-order chi connectivity index (χ0) is 10.1. The number of carbonyl (C=O) groups is 1. The van der Waals surface area contributed by atoms with Gasteiger partial charge in [-0.3, -0.25) is 4.79 Å². The molecule has 0 saturated heterocycles. The quantitative estimate of drug-likeness (QED) is 0.489. The molecule has 0 bridgehead atoms. The first-order valence-corrected chi connectivity index (χ1v) is 3.94. The van der Waals surface area contributed by atoms with Crippen molar-refractivity contribution >= 4 is 5.78 Å². The van der Waals surface area contributed by atoms with E-state index in [2.05, 4.69) is 6.58 Å². The lowest BCUT2D eigenvalue weighted by Crippen LogP contribution is -2.55. The first-order chi connectivity index (χ1) is 6.02. The molecule has 0 amide bonds. The molecule has 1 aliphatic rings. The standard InChI is InChI=1S/C9H12O4/c1-2-5-9(13)7(11)4-3-6(10)8(9)12/h2-4,6,8,10,12-13H,1,5H2/t6-,8+,9+/m0/s1. The summed E-state index contributed by atoms with van der Waals surface area (Å²) >= 11 is 0. The van der Waals surface area contributed by atoms with Crippen LogP contribution in [0.15, 0.2) is 24.8 Å². The van der Waals surface area contributed by atoms with E-state index in [0.717, 1.165) is 12.2 Å². The van der Waals surface area contributed by atoms with Crippen molar-refractivity contribution in [2.24, 2.45) is 0 Å². The van der Waals surface area contributed by atoms with E-state index in [1.807, 2.05) is 0 Å². The molecule has 0 spiro atoms. The summed E-state index contributed by atoms with van der Waals surface area (Å²) in [5, 5.41) is 28.2. The largest absolute Gasteiger partial charge is 0.387 e. The molecule has 3 atom stereocenters. The van der Waals surface area contributed by atoms with Gasteiger partial charge < -0.3 is 15.3 Å². The summed E-state index contributed by atoms with van der Waals surface area (Å²) in [6, 6.07) is 0. The van der Waals surface area contributed by atoms with Crippen LogP contribution in [-0.2, 0) is 4.79 Å². The molecule has 72 valence electrons. The first kappa shape index (κ1) is 10.1. The first-order valence-electron chi connectivity index (χ1n) is 3.94. The highest BCUT2D eigenvalue weighted by molar-refractivity contribution is 5.98. The summed E-state index contributed by atoms with van der Waals surface area (Å²) in [6.45, 7) is 3.36. The van der Waals surface area contributed by atoms with Crippen molar-refractivity contribution in [2.45, 2.75) is 24.2 Å². The SMILES string of the molecule is C=CC[C@@]1(O)C(=O)C=C[C@H](O)[C@H]1O. The molecule has 13 heavy (non-hydrogen) atoms. The fourth-order valence-corrected chi connectivity index (χ4v) is 1.31. The number of aliphatic hydroxyl groups is 3. The molecule has 0 heterocycles. The van der Waals surface area contributed by atoms with Crippen LogP contribution in [0.25, 0.3) is 0 Å². The minimum absolute atomic E-state index is 0.0750. The topological polar surface area (TPSA) is 77.8 Å². The summed E-state index contributed by atoms with van der Waals surface area (Å²) < 4.78 is 0. The third kappa shape index (κ3) is 1.56. The molecule has 1 rings (SSSR count). The van der Waals surface area contributed by atoms with Gasteiger partial charge in [-0.2, -0.15) is 0 Å². The third-order valence-electron chi connectivity index (χ3n) is 2.14. The number of ketones is 1. The van der Waals surface area contributed by atoms with Crippen molar-refractivity contribution < 1.29 is 20.1 Å². The molecule has 0 saturated carbocycles. The van der Waals surface area contributed by atoms with Gasteiger partial charge in [0.1, 0.15) is 12.2 Å². The van der Waals surface area contributed by atoms with Gasteiger partial charge in [-0.1, -0.05) is 6.08 Å². The highest BCUT2D eigenvalue weighted by atomic mass is 16.4. The lowest BCUT2D eigenvalue weighted by molar-refractivity contribution is -0.155. The summed E-state index contributed by atoms with van der Waals surface area (Å²) in [7, 11) is 0.